The van der Waals surface area contributed by atoms with Gasteiger partial charge in [0.25, 0.3) is 0 Å². The minimum Gasteiger partial charge on any atom is -0.726 e. The molecule has 14 heteroatoms. The second-order valence-corrected chi connectivity index (χ2v) is 22.1. The lowest BCUT2D eigenvalue weighted by Gasteiger charge is -2.20. The van der Waals surface area contributed by atoms with Crippen LogP contribution >= 0.6 is 12.4 Å². The largest absolute Gasteiger partial charge is 0.726 e. The predicted molar refractivity (Wildman–Crippen MR) is 283 cm³/mol. The summed E-state index contributed by atoms with van der Waals surface area (Å²) in [6.07, 6.45) is 8.49. The molecule has 6 aromatic rings. The topological polar surface area (TPSA) is 133 Å². The zero-order chi connectivity index (χ0) is 49.2. The standard InChI is InChI=1S/2C21H21S.C6H13N.C5H11N.CH4O4S.ClH.O3S/c2*1-16-4-10-19(11-5-16)22(20-12-6-17(2)7-13-20)21-14-8-18(3)9-15-21;1-7-5-3-2-4-6-7;1-2-4-6-5-3-1;1-5-6(2,3)4;;1-4(2)3/h2*4-15H,1-3H3;2-6H2,1H3;6H,1-5H2;1H3,(H,2,3,4);1H;/q2*+1;;;;;/p-1. The van der Waals surface area contributed by atoms with Gasteiger partial charge in [0.05, 0.1) is 28.9 Å². The normalized spacial score (nSPS) is 13.2. The molecule has 2 heterocycles. The highest BCUT2D eigenvalue weighted by Crippen LogP contribution is 2.33. The molecule has 0 unspecified atom stereocenters. The Hall–Kier alpha value is -4.28. The number of aryl methyl sites for hydroxylation is 6. The molecule has 0 atom stereocenters. The molecular formula is C54H70ClN2O7S4+. The molecule has 9 nitrogen and oxygen atoms in total. The van der Waals surface area contributed by atoms with E-state index in [1.54, 1.807) is 0 Å². The van der Waals surface area contributed by atoms with Gasteiger partial charge in [-0.3, -0.25) is 4.18 Å². The van der Waals surface area contributed by atoms with Crippen molar-refractivity contribution in [1.29, 1.82) is 0 Å². The van der Waals surface area contributed by atoms with Crippen LogP contribution in [0.4, 0.5) is 0 Å². The molecule has 0 bridgehead atoms. The third kappa shape index (κ3) is 24.3. The van der Waals surface area contributed by atoms with Crippen molar-refractivity contribution in [2.45, 2.75) is 109 Å². The average Bonchev–Trinajstić information content (AvgIpc) is 3.31. The molecule has 6 aromatic carbocycles. The van der Waals surface area contributed by atoms with Gasteiger partial charge >= 0.3 is 10.6 Å². The summed E-state index contributed by atoms with van der Waals surface area (Å²) >= 11 is 0. The molecule has 0 amide bonds. The molecule has 2 saturated heterocycles. The molecule has 68 heavy (non-hydrogen) atoms. The van der Waals surface area contributed by atoms with Crippen LogP contribution in [0.25, 0.3) is 0 Å². The summed E-state index contributed by atoms with van der Waals surface area (Å²) in [4.78, 5) is 10.6. The van der Waals surface area contributed by atoms with Crippen molar-refractivity contribution in [3.05, 3.63) is 179 Å². The fraction of sp³-hybridized carbons (Fsp3) is 0.333. The Balaban J connectivity index is 0.000000318. The number of nitrogens with one attached hydrogen (secondary N) is 1. The molecule has 0 saturated carbocycles. The van der Waals surface area contributed by atoms with Crippen LogP contribution in [0.1, 0.15) is 71.9 Å². The van der Waals surface area contributed by atoms with Crippen LogP contribution in [-0.2, 0) is 47.0 Å². The Bertz CT molecular complexity index is 2150. The molecular weight excluding hydrogens is 952 g/mol. The van der Waals surface area contributed by atoms with Gasteiger partial charge in [-0.1, -0.05) is 119 Å². The highest BCUT2D eigenvalue weighted by Gasteiger charge is 2.29. The first-order valence-corrected chi connectivity index (χ1v) is 27.3. The van der Waals surface area contributed by atoms with Crippen molar-refractivity contribution in [3.8, 4) is 0 Å². The molecule has 0 radical (unpaired) electrons. The highest BCUT2D eigenvalue weighted by atomic mass is 35.5. The average molecular weight is 1020 g/mol. The first-order chi connectivity index (χ1) is 31.9. The van der Waals surface area contributed by atoms with Gasteiger partial charge in [-0.2, -0.15) is 0 Å². The Morgan fingerprint density at radius 1 is 0.456 bits per heavy atom. The number of rotatable bonds is 7. The zero-order valence-corrected chi connectivity index (χ0v) is 44.9. The SMILES string of the molecule is C1CCNCC1.CN1CCCCC1.COS(=O)(=O)[O-].Cc1ccc([S+](c2ccc(C)cc2)c2ccc(C)cc2)cc1.Cc1ccc([S+](c2ccc(C)cc2)c2ccc(C)cc2)cc1.Cl.O=S(=O)=O. The Morgan fingerprint density at radius 3 is 0.765 bits per heavy atom. The van der Waals surface area contributed by atoms with Crippen molar-refractivity contribution in [1.82, 2.24) is 10.2 Å². The van der Waals surface area contributed by atoms with Gasteiger partial charge in [0.15, 0.2) is 29.4 Å². The third-order valence-electron chi connectivity index (χ3n) is 10.5. The molecule has 8 rings (SSSR count). The van der Waals surface area contributed by atoms with Crippen molar-refractivity contribution in [2.75, 3.05) is 40.3 Å². The molecule has 2 aliphatic heterocycles. The lowest BCUT2D eigenvalue weighted by atomic mass is 10.1. The van der Waals surface area contributed by atoms with Gasteiger partial charge in [0.1, 0.15) is 0 Å². The van der Waals surface area contributed by atoms with Crippen molar-refractivity contribution >= 4 is 55.2 Å². The minimum atomic E-state index is -4.41. The Morgan fingerprint density at radius 2 is 0.647 bits per heavy atom. The van der Waals surface area contributed by atoms with Crippen molar-refractivity contribution in [2.24, 2.45) is 0 Å². The summed E-state index contributed by atoms with van der Waals surface area (Å²) in [5.74, 6) is 0. The number of hydrogen-bond acceptors (Lipinski definition) is 9. The summed E-state index contributed by atoms with van der Waals surface area (Å²) < 4.78 is 56.4. The molecule has 2 fully saturated rings. The fourth-order valence-electron chi connectivity index (χ4n) is 6.72. The fourth-order valence-corrected chi connectivity index (χ4v) is 10.8. The number of likely N-dealkylation sites (tertiary alicyclic amines) is 1. The van der Waals surface area contributed by atoms with Gasteiger partial charge < -0.3 is 14.8 Å². The summed E-state index contributed by atoms with van der Waals surface area (Å²) in [5, 5.41) is 3.28. The van der Waals surface area contributed by atoms with Gasteiger partial charge in [-0.15, -0.1) is 25.0 Å². The highest BCUT2D eigenvalue weighted by molar-refractivity contribution is 7.97. The molecule has 0 aromatic heterocycles. The first kappa shape index (κ1) is 59.8. The smallest absolute Gasteiger partial charge is 0.425 e. The van der Waals surface area contributed by atoms with E-state index in [0.29, 0.717) is 0 Å². The summed E-state index contributed by atoms with van der Waals surface area (Å²) in [6, 6.07) is 53.6. The van der Waals surface area contributed by atoms with Gasteiger partial charge in [0, 0.05) is 0 Å². The zero-order valence-electron chi connectivity index (χ0n) is 40.8. The van der Waals surface area contributed by atoms with Crippen molar-refractivity contribution < 1.29 is 29.8 Å². The Labute approximate surface area is 421 Å². The van der Waals surface area contributed by atoms with E-state index in [0.717, 1.165) is 7.11 Å². The lowest BCUT2D eigenvalue weighted by Crippen LogP contribution is -2.24. The number of nitrogens with zero attached hydrogens (tertiary/aromatic N) is 1. The van der Waals surface area contributed by atoms with E-state index in [4.69, 9.17) is 12.6 Å². The van der Waals surface area contributed by atoms with Gasteiger partial charge in [-0.05, 0) is 173 Å². The van der Waals surface area contributed by atoms with Crippen LogP contribution in [-0.4, -0.2) is 70.8 Å². The molecule has 0 aliphatic carbocycles. The number of halogens is 1. The molecule has 368 valence electrons. The first-order valence-electron chi connectivity index (χ1n) is 22.5. The van der Waals surface area contributed by atoms with Crippen LogP contribution in [0.3, 0.4) is 0 Å². The summed E-state index contributed by atoms with van der Waals surface area (Å²) in [5.41, 5.74) is 7.83. The van der Waals surface area contributed by atoms with E-state index in [1.807, 2.05) is 0 Å². The van der Waals surface area contributed by atoms with E-state index in [-0.39, 0.29) is 34.2 Å². The van der Waals surface area contributed by atoms with Crippen LogP contribution in [0, 0.1) is 41.5 Å². The van der Waals surface area contributed by atoms with E-state index >= 15 is 0 Å². The summed E-state index contributed by atoms with van der Waals surface area (Å²) in [6.45, 7) is 18.0. The number of benzene rings is 6. The Kier molecular flexibility index (Phi) is 28.6. The third-order valence-corrected chi connectivity index (χ3v) is 15.4. The van der Waals surface area contributed by atoms with Crippen LogP contribution < -0.4 is 5.32 Å². The number of piperidine rings is 2. The van der Waals surface area contributed by atoms with Crippen LogP contribution in [0.2, 0.25) is 0 Å². The van der Waals surface area contributed by atoms with E-state index in [1.165, 1.54) is 127 Å². The second-order valence-electron chi connectivity index (χ2n) is 16.4. The quantitative estimate of drug-likeness (QED) is 0.0942. The van der Waals surface area contributed by atoms with Gasteiger partial charge in [-0.25, -0.2) is 8.42 Å². The monoisotopic (exact) mass is 1020 g/mol. The molecule has 2 aliphatic rings. The maximum atomic E-state index is 9.22. The second kappa shape index (κ2) is 32.5. The lowest BCUT2D eigenvalue weighted by molar-refractivity contribution is 0.277. The predicted octanol–water partition coefficient (Wildman–Crippen LogP) is 11.8. The summed E-state index contributed by atoms with van der Waals surface area (Å²) in [7, 11) is -4.60. The van der Waals surface area contributed by atoms with E-state index in [9.17, 15) is 13.0 Å². The van der Waals surface area contributed by atoms with Crippen LogP contribution in [0.15, 0.2) is 175 Å². The van der Waals surface area contributed by atoms with E-state index in [2.05, 4.69) is 209 Å². The molecule has 0 spiro atoms. The molecule has 1 N–H and O–H groups in total. The van der Waals surface area contributed by atoms with Crippen LogP contribution in [0.5, 0.6) is 0 Å². The van der Waals surface area contributed by atoms with Crippen molar-refractivity contribution in [3.63, 3.8) is 0 Å². The van der Waals surface area contributed by atoms with Gasteiger partial charge in [0.2, 0.25) is 10.4 Å². The maximum absolute atomic E-state index is 9.22. The van der Waals surface area contributed by atoms with E-state index < -0.39 is 21.0 Å². The number of hydrogen-bond donors (Lipinski definition) is 1. The maximum Gasteiger partial charge on any atom is 0.425 e. The minimum absolute atomic E-state index is 0.